The van der Waals surface area contributed by atoms with Crippen LogP contribution in [0.5, 0.6) is 5.75 Å². The number of thioether (sulfide) groups is 1. The maximum atomic E-state index is 14.0. The maximum absolute atomic E-state index is 14.0. The fourth-order valence-corrected chi connectivity index (χ4v) is 8.69. The minimum atomic E-state index is -0.780. The Bertz CT molecular complexity index is 956. The Kier molecular flexibility index (Phi) is 6.88. The molecule has 3 unspecified atom stereocenters. The molecule has 3 aliphatic heterocycles. The number of rotatable bonds is 8. The van der Waals surface area contributed by atoms with Gasteiger partial charge in [0.2, 0.25) is 17.7 Å². The summed E-state index contributed by atoms with van der Waals surface area (Å²) in [4.78, 5) is 42.5. The highest BCUT2D eigenvalue weighted by Gasteiger charge is 2.76. The van der Waals surface area contributed by atoms with Crippen molar-refractivity contribution >= 4 is 35.2 Å². The van der Waals surface area contributed by atoms with Gasteiger partial charge in [0.25, 0.3) is 0 Å². The first-order valence-corrected chi connectivity index (χ1v) is 12.9. The van der Waals surface area contributed by atoms with Crippen LogP contribution >= 0.6 is 11.8 Å². The van der Waals surface area contributed by atoms with Gasteiger partial charge in [-0.1, -0.05) is 27.2 Å². The molecule has 2 bridgehead atoms. The number of methoxy groups -OCH3 is 1. The molecule has 3 fully saturated rings. The van der Waals surface area contributed by atoms with Gasteiger partial charge < -0.3 is 25.4 Å². The summed E-state index contributed by atoms with van der Waals surface area (Å²) in [6.45, 7) is 5.85. The van der Waals surface area contributed by atoms with Crippen molar-refractivity contribution in [3.8, 4) is 5.75 Å². The molecule has 0 aromatic heterocycles. The summed E-state index contributed by atoms with van der Waals surface area (Å²) in [5.41, 5.74) is 0.607. The molecule has 0 aliphatic carbocycles. The van der Waals surface area contributed by atoms with E-state index in [4.69, 9.17) is 4.74 Å². The molecule has 3 heterocycles. The van der Waals surface area contributed by atoms with Crippen LogP contribution in [-0.4, -0.2) is 70.6 Å². The average molecular weight is 490 g/mol. The van der Waals surface area contributed by atoms with Crippen molar-refractivity contribution in [2.75, 3.05) is 26.1 Å². The van der Waals surface area contributed by atoms with Gasteiger partial charge in [0.15, 0.2) is 0 Å². The quantitative estimate of drug-likeness (QED) is 0.516. The molecule has 1 aromatic rings. The number of nitrogens with one attached hydrogen (secondary N) is 2. The van der Waals surface area contributed by atoms with E-state index in [0.717, 1.165) is 12.8 Å². The number of hydrogen-bond donors (Lipinski definition) is 3. The number of anilines is 1. The molecule has 3 amide bonds. The van der Waals surface area contributed by atoms with E-state index in [1.807, 2.05) is 13.8 Å². The van der Waals surface area contributed by atoms with Crippen LogP contribution in [0.2, 0.25) is 0 Å². The van der Waals surface area contributed by atoms with E-state index in [9.17, 15) is 19.5 Å². The van der Waals surface area contributed by atoms with Gasteiger partial charge in [-0.05, 0) is 42.5 Å². The Hall–Kier alpha value is -2.26. The van der Waals surface area contributed by atoms with Crippen LogP contribution in [-0.2, 0) is 14.4 Å². The van der Waals surface area contributed by atoms with Crippen LogP contribution in [0.25, 0.3) is 0 Å². The van der Waals surface area contributed by atoms with E-state index in [-0.39, 0.29) is 41.4 Å². The number of likely N-dealkylation sites (tertiary alicyclic amines) is 1. The van der Waals surface area contributed by atoms with E-state index in [2.05, 4.69) is 17.6 Å². The highest BCUT2D eigenvalue weighted by Crippen LogP contribution is 2.68. The number of carbonyl (C=O) groups excluding carboxylic acids is 3. The maximum Gasteiger partial charge on any atom is 0.248 e. The zero-order valence-corrected chi connectivity index (χ0v) is 21.2. The molecule has 4 rings (SSSR count). The molecule has 186 valence electrons. The van der Waals surface area contributed by atoms with E-state index in [1.54, 1.807) is 55.1 Å². The zero-order valence-electron chi connectivity index (χ0n) is 20.4. The fourth-order valence-electron chi connectivity index (χ4n) is 6.28. The molecule has 34 heavy (non-hydrogen) atoms. The van der Waals surface area contributed by atoms with Crippen LogP contribution < -0.4 is 15.4 Å². The lowest BCUT2D eigenvalue weighted by molar-refractivity contribution is -0.143. The Labute approximate surface area is 205 Å². The van der Waals surface area contributed by atoms with Gasteiger partial charge >= 0.3 is 0 Å². The van der Waals surface area contributed by atoms with Crippen LogP contribution in [0.3, 0.4) is 0 Å². The van der Waals surface area contributed by atoms with Gasteiger partial charge in [0.1, 0.15) is 11.8 Å². The normalized spacial score (nSPS) is 33.4. The van der Waals surface area contributed by atoms with Gasteiger partial charge in [0, 0.05) is 18.0 Å². The SMILES string of the molecule is CC[C@H](C)[C@H](CO)N1C(=O)[C@@H]2[C@@H](C(=O)NC)[C@H]3CC(C)C2(S3)C1C(=O)Nc1ccc(OC)cc1. The second-order valence-corrected chi connectivity index (χ2v) is 11.3. The largest absolute Gasteiger partial charge is 0.497 e. The number of aliphatic hydroxyl groups excluding tert-OH is 1. The van der Waals surface area contributed by atoms with Crippen LogP contribution in [0.15, 0.2) is 24.3 Å². The summed E-state index contributed by atoms with van der Waals surface area (Å²) in [7, 11) is 3.17. The van der Waals surface area contributed by atoms with E-state index in [1.165, 1.54) is 0 Å². The van der Waals surface area contributed by atoms with Crippen molar-refractivity contribution in [2.24, 2.45) is 23.7 Å². The third kappa shape index (κ3) is 3.59. The van der Waals surface area contributed by atoms with Crippen molar-refractivity contribution in [3.63, 3.8) is 0 Å². The van der Waals surface area contributed by atoms with E-state index < -0.39 is 28.7 Å². The Morgan fingerprint density at radius 2 is 1.97 bits per heavy atom. The number of aliphatic hydroxyl groups is 1. The molecule has 0 radical (unpaired) electrons. The highest BCUT2D eigenvalue weighted by atomic mass is 32.2. The highest BCUT2D eigenvalue weighted by molar-refractivity contribution is 8.02. The van der Waals surface area contributed by atoms with Crippen LogP contribution in [0, 0.1) is 23.7 Å². The minimum Gasteiger partial charge on any atom is -0.497 e. The third-order valence-electron chi connectivity index (χ3n) is 8.18. The second-order valence-electron chi connectivity index (χ2n) is 9.77. The summed E-state index contributed by atoms with van der Waals surface area (Å²) in [6, 6.07) is 5.79. The van der Waals surface area contributed by atoms with Gasteiger partial charge in [-0.15, -0.1) is 11.8 Å². The topological polar surface area (TPSA) is 108 Å². The first-order valence-electron chi connectivity index (χ1n) is 12.0. The molecule has 0 saturated carbocycles. The molecule has 1 aromatic carbocycles. The Morgan fingerprint density at radius 1 is 1.29 bits per heavy atom. The van der Waals surface area contributed by atoms with Crippen LogP contribution in [0.1, 0.15) is 33.6 Å². The Morgan fingerprint density at radius 3 is 2.53 bits per heavy atom. The summed E-state index contributed by atoms with van der Waals surface area (Å²) in [5, 5.41) is 16.1. The van der Waals surface area contributed by atoms with E-state index in [0.29, 0.717) is 11.4 Å². The number of ether oxygens (including phenoxy) is 1. The number of benzene rings is 1. The predicted molar refractivity (Wildman–Crippen MR) is 132 cm³/mol. The number of hydrogen-bond acceptors (Lipinski definition) is 6. The summed E-state index contributed by atoms with van der Waals surface area (Å²) < 4.78 is 4.50. The third-order valence-corrected chi connectivity index (χ3v) is 10.3. The lowest BCUT2D eigenvalue weighted by Crippen LogP contribution is -2.58. The molecular formula is C25H35N3O5S. The lowest BCUT2D eigenvalue weighted by atomic mass is 9.66. The first-order chi connectivity index (χ1) is 16.2. The number of amides is 3. The van der Waals surface area contributed by atoms with Gasteiger partial charge in [-0.25, -0.2) is 0 Å². The summed E-state index contributed by atoms with van der Waals surface area (Å²) >= 11 is 1.63. The second kappa shape index (κ2) is 9.41. The van der Waals surface area contributed by atoms with Crippen molar-refractivity contribution in [1.29, 1.82) is 0 Å². The van der Waals surface area contributed by atoms with Crippen LogP contribution in [0.4, 0.5) is 5.69 Å². The molecule has 8 nitrogen and oxygen atoms in total. The predicted octanol–water partition coefficient (Wildman–Crippen LogP) is 2.12. The summed E-state index contributed by atoms with van der Waals surface area (Å²) in [5.74, 6) is -0.929. The molecule has 8 atom stereocenters. The van der Waals surface area contributed by atoms with E-state index >= 15 is 0 Å². The number of carbonyl (C=O) groups is 3. The van der Waals surface area contributed by atoms with Crippen molar-refractivity contribution in [1.82, 2.24) is 10.2 Å². The molecule has 1 spiro atoms. The lowest BCUT2D eigenvalue weighted by Gasteiger charge is -2.41. The molecule has 3 aliphatic rings. The number of nitrogens with zero attached hydrogens (tertiary/aromatic N) is 1. The zero-order chi connectivity index (χ0) is 24.8. The molecule has 3 N–H and O–H groups in total. The fraction of sp³-hybridized carbons (Fsp3) is 0.640. The molecule has 3 saturated heterocycles. The van der Waals surface area contributed by atoms with Gasteiger partial charge in [0.05, 0.1) is 36.3 Å². The Balaban J connectivity index is 1.78. The van der Waals surface area contributed by atoms with Crippen molar-refractivity contribution in [2.45, 2.75) is 55.7 Å². The monoisotopic (exact) mass is 489 g/mol. The van der Waals surface area contributed by atoms with Gasteiger partial charge in [-0.2, -0.15) is 0 Å². The smallest absolute Gasteiger partial charge is 0.248 e. The molecule has 9 heteroatoms. The van der Waals surface area contributed by atoms with Crippen molar-refractivity contribution in [3.05, 3.63) is 24.3 Å². The first kappa shape index (κ1) is 24.9. The average Bonchev–Trinajstić information content (AvgIpc) is 3.43. The van der Waals surface area contributed by atoms with Crippen molar-refractivity contribution < 1.29 is 24.2 Å². The standard InChI is InChI=1S/C25H35N3O5S/c1-6-13(2)17(12-29)28-21(23(31)27-15-7-9-16(33-5)10-8-15)25-14(3)11-18(34-25)19(22(30)26-4)20(25)24(28)32/h7-10,13-14,17-21,29H,6,11-12H2,1-5H3,(H,26,30)(H,27,31)/t13-,14?,17-,18+,19-,20-,21?,25?/m0/s1. The molecular weight excluding hydrogens is 454 g/mol. The summed E-state index contributed by atoms with van der Waals surface area (Å²) in [6.07, 6.45) is 1.53. The van der Waals surface area contributed by atoms with Gasteiger partial charge in [-0.3, -0.25) is 14.4 Å². The number of fused-ring (bicyclic) bond motifs is 1. The minimum absolute atomic E-state index is 0.00138.